The maximum atomic E-state index is 13.2. The van der Waals surface area contributed by atoms with Crippen LogP contribution in [0.25, 0.3) is 6.08 Å². The molecule has 0 aliphatic carbocycles. The molecule has 1 saturated heterocycles. The molecule has 0 spiro atoms. The Kier molecular flexibility index (Phi) is 5.98. The summed E-state index contributed by atoms with van der Waals surface area (Å²) in [5, 5.41) is 2.74. The number of nitrogens with zero attached hydrogens (tertiary/aromatic N) is 1. The molecule has 0 aromatic heterocycles. The molecule has 2 amide bonds. The van der Waals surface area contributed by atoms with Crippen molar-refractivity contribution in [2.45, 2.75) is 0 Å². The lowest BCUT2D eigenvalue weighted by atomic mass is 10.1. The van der Waals surface area contributed by atoms with Crippen LogP contribution in [0.15, 0.2) is 60.3 Å². The molecule has 1 aliphatic heterocycles. The van der Waals surface area contributed by atoms with Gasteiger partial charge < -0.3 is 15.1 Å². The number of quaternary nitrogens is 1. The zero-order valence-electron chi connectivity index (χ0n) is 15.2. The topological polar surface area (TPSA) is 53.9 Å². The first-order chi connectivity index (χ1) is 13.0. The molecule has 5 nitrogen and oxygen atoms in total. The number of piperazine rings is 1. The van der Waals surface area contributed by atoms with Crippen LogP contribution in [-0.2, 0) is 4.79 Å². The van der Waals surface area contributed by atoms with Gasteiger partial charge in [-0.15, -0.1) is 0 Å². The molecule has 2 N–H and O–H groups in total. The van der Waals surface area contributed by atoms with Gasteiger partial charge in [-0.3, -0.25) is 9.59 Å². The lowest BCUT2D eigenvalue weighted by molar-refractivity contribution is -0.883. The minimum absolute atomic E-state index is 0.190. The number of hydrogen-bond donors (Lipinski definition) is 2. The van der Waals surface area contributed by atoms with Crippen LogP contribution in [0, 0.1) is 5.82 Å². The number of carbonyl (C=O) groups excluding carboxylic acids is 2. The third kappa shape index (κ3) is 5.01. The Morgan fingerprint density at radius 2 is 1.67 bits per heavy atom. The van der Waals surface area contributed by atoms with Gasteiger partial charge in [0.25, 0.3) is 11.8 Å². The van der Waals surface area contributed by atoms with E-state index in [2.05, 4.69) is 12.4 Å². The van der Waals surface area contributed by atoms with E-state index < -0.39 is 0 Å². The highest BCUT2D eigenvalue weighted by Crippen LogP contribution is 2.11. The lowest BCUT2D eigenvalue weighted by Crippen LogP contribution is -3.12. The second-order valence-electron chi connectivity index (χ2n) is 6.68. The second kappa shape index (κ2) is 8.60. The van der Waals surface area contributed by atoms with Gasteiger partial charge in [-0.2, -0.15) is 0 Å². The number of hydrogen-bond acceptors (Lipinski definition) is 2. The fourth-order valence-corrected chi connectivity index (χ4v) is 2.92. The van der Waals surface area contributed by atoms with Crippen LogP contribution in [-0.4, -0.2) is 49.9 Å². The third-order valence-electron chi connectivity index (χ3n) is 4.60. The summed E-state index contributed by atoms with van der Waals surface area (Å²) < 4.78 is 13.2. The standard InChI is InChI=1S/C21H22FN3O2/c1-24-11-13-25(14-12-24)21(27)19(15-16-7-9-18(22)10-8-16)23-20(26)17-5-3-2-4-6-17/h2-10,15H,11-14H2,1H3,(H,23,26)/p+1/b19-15-. The van der Waals surface area contributed by atoms with Gasteiger partial charge in [0, 0.05) is 5.56 Å². The molecule has 1 heterocycles. The summed E-state index contributed by atoms with van der Waals surface area (Å²) in [6.07, 6.45) is 1.59. The minimum Gasteiger partial charge on any atom is -0.334 e. The largest absolute Gasteiger partial charge is 0.334 e. The molecule has 2 aromatic carbocycles. The quantitative estimate of drug-likeness (QED) is 0.790. The number of amides is 2. The smallest absolute Gasteiger partial charge is 0.270 e. The molecule has 27 heavy (non-hydrogen) atoms. The number of nitrogens with one attached hydrogen (secondary N) is 2. The highest BCUT2D eigenvalue weighted by Gasteiger charge is 2.25. The van der Waals surface area contributed by atoms with Crippen LogP contribution < -0.4 is 10.2 Å². The molecule has 2 aromatic rings. The minimum atomic E-state index is -0.351. The Hall–Kier alpha value is -2.99. The maximum Gasteiger partial charge on any atom is 0.270 e. The van der Waals surface area contributed by atoms with Crippen molar-refractivity contribution in [3.8, 4) is 0 Å². The van der Waals surface area contributed by atoms with Crippen LogP contribution in [0.1, 0.15) is 15.9 Å². The molecule has 6 heteroatoms. The predicted octanol–water partition coefficient (Wildman–Crippen LogP) is 0.954. The van der Waals surface area contributed by atoms with Crippen molar-refractivity contribution in [3.05, 3.63) is 77.2 Å². The zero-order valence-corrected chi connectivity index (χ0v) is 15.2. The summed E-state index contributed by atoms with van der Waals surface area (Å²) in [5.74, 6) is -0.927. The molecule has 1 aliphatic rings. The molecule has 0 atom stereocenters. The highest BCUT2D eigenvalue weighted by atomic mass is 19.1. The summed E-state index contributed by atoms with van der Waals surface area (Å²) in [4.78, 5) is 28.7. The Morgan fingerprint density at radius 1 is 1.04 bits per heavy atom. The molecule has 0 bridgehead atoms. The van der Waals surface area contributed by atoms with Crippen molar-refractivity contribution in [3.63, 3.8) is 0 Å². The fourth-order valence-electron chi connectivity index (χ4n) is 2.92. The van der Waals surface area contributed by atoms with E-state index >= 15 is 0 Å². The van der Waals surface area contributed by atoms with Crippen molar-refractivity contribution in [2.24, 2.45) is 0 Å². The predicted molar refractivity (Wildman–Crippen MR) is 101 cm³/mol. The summed E-state index contributed by atoms with van der Waals surface area (Å²) >= 11 is 0. The van der Waals surface area contributed by atoms with Gasteiger partial charge >= 0.3 is 0 Å². The normalized spacial score (nSPS) is 15.5. The van der Waals surface area contributed by atoms with E-state index in [0.29, 0.717) is 24.2 Å². The van der Waals surface area contributed by atoms with Crippen LogP contribution in [0.4, 0.5) is 4.39 Å². The zero-order chi connectivity index (χ0) is 19.2. The van der Waals surface area contributed by atoms with E-state index in [0.717, 1.165) is 13.1 Å². The monoisotopic (exact) mass is 368 g/mol. The first kappa shape index (κ1) is 18.8. The third-order valence-corrected chi connectivity index (χ3v) is 4.60. The molecular formula is C21H23FN3O2+. The van der Waals surface area contributed by atoms with Crippen LogP contribution in [0.2, 0.25) is 0 Å². The molecule has 0 radical (unpaired) electrons. The Morgan fingerprint density at radius 3 is 2.30 bits per heavy atom. The SMILES string of the molecule is C[NH+]1CCN(C(=O)/C(=C/c2ccc(F)cc2)NC(=O)c2ccccc2)CC1. The number of rotatable bonds is 4. The van der Waals surface area contributed by atoms with Gasteiger partial charge in [-0.25, -0.2) is 4.39 Å². The van der Waals surface area contributed by atoms with Crippen molar-refractivity contribution in [2.75, 3.05) is 33.2 Å². The average Bonchev–Trinajstić information content (AvgIpc) is 2.70. The summed E-state index contributed by atoms with van der Waals surface area (Å²) in [7, 11) is 2.09. The summed E-state index contributed by atoms with van der Waals surface area (Å²) in [6.45, 7) is 2.99. The fraction of sp³-hybridized carbons (Fsp3) is 0.238. The van der Waals surface area contributed by atoms with Gasteiger partial charge in [-0.1, -0.05) is 30.3 Å². The van der Waals surface area contributed by atoms with Gasteiger partial charge in [0.15, 0.2) is 0 Å². The summed E-state index contributed by atoms with van der Waals surface area (Å²) in [5.41, 5.74) is 1.31. The van der Waals surface area contributed by atoms with Gasteiger partial charge in [0.1, 0.15) is 11.5 Å². The van der Waals surface area contributed by atoms with Crippen molar-refractivity contribution in [1.82, 2.24) is 10.2 Å². The Labute approximate surface area is 158 Å². The number of benzene rings is 2. The van der Waals surface area contributed by atoms with E-state index in [4.69, 9.17) is 0 Å². The van der Waals surface area contributed by atoms with E-state index in [-0.39, 0.29) is 23.3 Å². The van der Waals surface area contributed by atoms with Crippen LogP contribution >= 0.6 is 0 Å². The molecular weight excluding hydrogens is 345 g/mol. The van der Waals surface area contributed by atoms with Crippen molar-refractivity contribution in [1.29, 1.82) is 0 Å². The van der Waals surface area contributed by atoms with Gasteiger partial charge in [0.2, 0.25) is 0 Å². The van der Waals surface area contributed by atoms with Gasteiger partial charge in [0.05, 0.1) is 33.2 Å². The van der Waals surface area contributed by atoms with Crippen molar-refractivity contribution < 1.29 is 18.9 Å². The number of likely N-dealkylation sites (N-methyl/N-ethyl adjacent to an activating group) is 1. The molecule has 3 rings (SSSR count). The average molecular weight is 368 g/mol. The van der Waals surface area contributed by atoms with Crippen LogP contribution in [0.3, 0.4) is 0 Å². The molecule has 0 saturated carbocycles. The van der Waals surface area contributed by atoms with Crippen LogP contribution in [0.5, 0.6) is 0 Å². The van der Waals surface area contributed by atoms with E-state index in [1.165, 1.54) is 17.0 Å². The van der Waals surface area contributed by atoms with E-state index in [1.54, 1.807) is 47.4 Å². The molecule has 0 unspecified atom stereocenters. The first-order valence-corrected chi connectivity index (χ1v) is 8.97. The Balaban J connectivity index is 1.85. The van der Waals surface area contributed by atoms with E-state index in [1.807, 2.05) is 6.07 Å². The molecule has 1 fully saturated rings. The number of carbonyl (C=O) groups is 2. The summed E-state index contributed by atoms with van der Waals surface area (Å²) in [6, 6.07) is 14.5. The number of halogens is 1. The first-order valence-electron chi connectivity index (χ1n) is 8.97. The lowest BCUT2D eigenvalue weighted by Gasteiger charge is -2.30. The second-order valence-corrected chi connectivity index (χ2v) is 6.68. The maximum absolute atomic E-state index is 13.2. The van der Waals surface area contributed by atoms with E-state index in [9.17, 15) is 14.0 Å². The Bertz CT molecular complexity index is 826. The molecule has 140 valence electrons. The van der Waals surface area contributed by atoms with Crippen molar-refractivity contribution >= 4 is 17.9 Å². The highest BCUT2D eigenvalue weighted by molar-refractivity contribution is 6.05. The van der Waals surface area contributed by atoms with Gasteiger partial charge in [-0.05, 0) is 35.9 Å².